The van der Waals surface area contributed by atoms with Gasteiger partial charge in [-0.2, -0.15) is 0 Å². The molecule has 0 aliphatic rings. The van der Waals surface area contributed by atoms with Crippen molar-refractivity contribution in [3.63, 3.8) is 0 Å². The summed E-state index contributed by atoms with van der Waals surface area (Å²) in [5.41, 5.74) is 6.84. The van der Waals surface area contributed by atoms with Crippen molar-refractivity contribution in [1.82, 2.24) is 4.98 Å². The van der Waals surface area contributed by atoms with E-state index < -0.39 is 0 Å². The lowest BCUT2D eigenvalue weighted by Gasteiger charge is -2.05. The van der Waals surface area contributed by atoms with Crippen LogP contribution in [0.2, 0.25) is 0 Å². The zero-order chi connectivity index (χ0) is 11.5. The van der Waals surface area contributed by atoms with Crippen molar-refractivity contribution in [3.05, 3.63) is 42.0 Å². The van der Waals surface area contributed by atoms with Crippen molar-refractivity contribution in [1.29, 1.82) is 0 Å². The molecule has 0 spiro atoms. The van der Waals surface area contributed by atoms with Gasteiger partial charge in [-0.05, 0) is 25.1 Å². The second kappa shape index (κ2) is 4.06. The molecule has 0 fully saturated rings. The number of rotatable bonds is 2. The molecule has 0 aliphatic heterocycles. The Morgan fingerprint density at radius 2 is 2.31 bits per heavy atom. The Balaban J connectivity index is 2.21. The summed E-state index contributed by atoms with van der Waals surface area (Å²) < 4.78 is 5.06. The van der Waals surface area contributed by atoms with Gasteiger partial charge in [0.15, 0.2) is 11.6 Å². The highest BCUT2D eigenvalue weighted by Crippen LogP contribution is 2.16. The predicted molar refractivity (Wildman–Crippen MR) is 60.0 cm³/mol. The lowest BCUT2D eigenvalue weighted by atomic mass is 10.2. The first-order chi connectivity index (χ1) is 7.68. The Kier molecular flexibility index (Phi) is 2.59. The van der Waals surface area contributed by atoms with Crippen molar-refractivity contribution >= 4 is 17.4 Å². The van der Waals surface area contributed by atoms with E-state index in [0.29, 0.717) is 11.5 Å². The molecule has 0 bridgehead atoms. The maximum Gasteiger partial charge on any atom is 0.292 e. The molecular formula is C11H11N3O2. The number of carbonyl (C=O) groups excluding carboxylic acids is 1. The molecule has 0 aromatic carbocycles. The van der Waals surface area contributed by atoms with Crippen molar-refractivity contribution < 1.29 is 9.21 Å². The van der Waals surface area contributed by atoms with Crippen LogP contribution in [0.25, 0.3) is 0 Å². The quantitative estimate of drug-likeness (QED) is 0.803. The Morgan fingerprint density at radius 1 is 1.50 bits per heavy atom. The zero-order valence-corrected chi connectivity index (χ0v) is 8.73. The van der Waals surface area contributed by atoms with Crippen LogP contribution in [0.3, 0.4) is 0 Å². The van der Waals surface area contributed by atoms with Crippen LogP contribution in [0.15, 0.2) is 35.1 Å². The number of nitrogen functional groups attached to an aromatic ring is 1. The molecule has 3 N–H and O–H groups in total. The first kappa shape index (κ1) is 10.2. The van der Waals surface area contributed by atoms with Crippen molar-refractivity contribution in [2.45, 2.75) is 6.92 Å². The fourth-order valence-corrected chi connectivity index (χ4v) is 1.29. The van der Waals surface area contributed by atoms with Crippen molar-refractivity contribution in [3.8, 4) is 0 Å². The maximum absolute atomic E-state index is 11.7. The number of aryl methyl sites for hydroxylation is 1. The Hall–Kier alpha value is -2.30. The van der Waals surface area contributed by atoms with Gasteiger partial charge in [0.25, 0.3) is 5.91 Å². The second-order valence-electron chi connectivity index (χ2n) is 3.33. The van der Waals surface area contributed by atoms with Gasteiger partial charge in [0.05, 0.1) is 12.0 Å². The van der Waals surface area contributed by atoms with Gasteiger partial charge in [-0.15, -0.1) is 0 Å². The monoisotopic (exact) mass is 217 g/mol. The molecule has 0 atom stereocenters. The normalized spacial score (nSPS) is 10.1. The third-order valence-electron chi connectivity index (χ3n) is 2.14. The molecule has 0 aliphatic carbocycles. The maximum atomic E-state index is 11.7. The number of nitrogens with two attached hydrogens (primary N) is 1. The molecule has 2 heterocycles. The summed E-state index contributed by atoms with van der Waals surface area (Å²) >= 11 is 0. The van der Waals surface area contributed by atoms with Gasteiger partial charge in [-0.3, -0.25) is 4.79 Å². The summed E-state index contributed by atoms with van der Waals surface area (Å²) in [6.07, 6.45) is 3.02. The predicted octanol–water partition coefficient (Wildman–Crippen LogP) is 1.82. The Morgan fingerprint density at radius 3 is 2.94 bits per heavy atom. The van der Waals surface area contributed by atoms with E-state index in [1.54, 1.807) is 31.3 Å². The summed E-state index contributed by atoms with van der Waals surface area (Å²) in [6, 6.07) is 5.08. The number of pyridine rings is 1. The standard InChI is InChI=1S/C11H11N3O2/c1-7-4-6-16-9(7)11(15)14-10-8(12)3-2-5-13-10/h2-6H,12H2,1H3,(H,13,14,15). The van der Waals surface area contributed by atoms with Crippen LogP contribution in [-0.2, 0) is 0 Å². The van der Waals surface area contributed by atoms with Gasteiger partial charge in [0, 0.05) is 11.8 Å². The van der Waals surface area contributed by atoms with E-state index >= 15 is 0 Å². The van der Waals surface area contributed by atoms with E-state index in [1.807, 2.05) is 0 Å². The van der Waals surface area contributed by atoms with Crippen LogP contribution in [0, 0.1) is 6.92 Å². The van der Waals surface area contributed by atoms with Gasteiger partial charge in [0.1, 0.15) is 0 Å². The molecule has 2 rings (SSSR count). The van der Waals surface area contributed by atoms with Gasteiger partial charge in [-0.1, -0.05) is 0 Å². The number of furan rings is 1. The summed E-state index contributed by atoms with van der Waals surface area (Å²) in [7, 11) is 0. The van der Waals surface area contributed by atoms with Crippen LogP contribution in [0.5, 0.6) is 0 Å². The van der Waals surface area contributed by atoms with Crippen LogP contribution in [0.1, 0.15) is 16.1 Å². The summed E-state index contributed by atoms with van der Waals surface area (Å²) in [5, 5.41) is 2.58. The van der Waals surface area contributed by atoms with Crippen molar-refractivity contribution in [2.75, 3.05) is 11.1 Å². The molecule has 1 amide bonds. The van der Waals surface area contributed by atoms with Gasteiger partial charge >= 0.3 is 0 Å². The van der Waals surface area contributed by atoms with Gasteiger partial charge < -0.3 is 15.5 Å². The van der Waals surface area contributed by atoms with Crippen LogP contribution in [0.4, 0.5) is 11.5 Å². The highest BCUT2D eigenvalue weighted by atomic mass is 16.3. The highest BCUT2D eigenvalue weighted by molar-refractivity contribution is 6.03. The fourth-order valence-electron chi connectivity index (χ4n) is 1.29. The smallest absolute Gasteiger partial charge is 0.292 e. The number of hydrogen-bond donors (Lipinski definition) is 2. The lowest BCUT2D eigenvalue weighted by Crippen LogP contribution is -2.14. The second-order valence-corrected chi connectivity index (χ2v) is 3.33. The first-order valence-corrected chi connectivity index (χ1v) is 4.74. The number of anilines is 2. The fraction of sp³-hybridized carbons (Fsp3) is 0.0909. The molecule has 16 heavy (non-hydrogen) atoms. The van der Waals surface area contributed by atoms with E-state index in [0.717, 1.165) is 5.56 Å². The minimum Gasteiger partial charge on any atom is -0.459 e. The minimum absolute atomic E-state index is 0.269. The molecule has 0 saturated heterocycles. The summed E-state index contributed by atoms with van der Waals surface area (Å²) in [4.78, 5) is 15.7. The van der Waals surface area contributed by atoms with Crippen LogP contribution >= 0.6 is 0 Å². The molecule has 2 aromatic heterocycles. The first-order valence-electron chi connectivity index (χ1n) is 4.74. The summed E-state index contributed by atoms with van der Waals surface area (Å²) in [6.45, 7) is 1.79. The Bertz CT molecular complexity index is 519. The number of aromatic nitrogens is 1. The molecule has 2 aromatic rings. The third kappa shape index (κ3) is 1.88. The molecule has 5 nitrogen and oxygen atoms in total. The van der Waals surface area contributed by atoms with Crippen molar-refractivity contribution in [2.24, 2.45) is 0 Å². The van der Waals surface area contributed by atoms with Gasteiger partial charge in [0.2, 0.25) is 0 Å². The number of amides is 1. The van der Waals surface area contributed by atoms with Crippen LogP contribution < -0.4 is 11.1 Å². The molecule has 0 unspecified atom stereocenters. The summed E-state index contributed by atoms with van der Waals surface area (Å²) in [5.74, 6) is 0.251. The van der Waals surface area contributed by atoms with E-state index in [4.69, 9.17) is 10.2 Å². The van der Waals surface area contributed by atoms with E-state index in [-0.39, 0.29) is 11.7 Å². The average Bonchev–Trinajstić information content (AvgIpc) is 2.68. The molecule has 0 saturated carbocycles. The van der Waals surface area contributed by atoms with Crippen LogP contribution in [-0.4, -0.2) is 10.9 Å². The number of carbonyl (C=O) groups is 1. The SMILES string of the molecule is Cc1ccoc1C(=O)Nc1ncccc1N. The molecule has 0 radical (unpaired) electrons. The molecule has 5 heteroatoms. The highest BCUT2D eigenvalue weighted by Gasteiger charge is 2.14. The number of nitrogens with zero attached hydrogens (tertiary/aromatic N) is 1. The van der Waals surface area contributed by atoms with Gasteiger partial charge in [-0.25, -0.2) is 4.98 Å². The molecule has 82 valence electrons. The Labute approximate surface area is 92.3 Å². The van der Waals surface area contributed by atoms with E-state index in [1.165, 1.54) is 6.26 Å². The largest absolute Gasteiger partial charge is 0.459 e. The van der Waals surface area contributed by atoms with E-state index in [2.05, 4.69) is 10.3 Å². The minimum atomic E-state index is -0.354. The van der Waals surface area contributed by atoms with E-state index in [9.17, 15) is 4.79 Å². The number of nitrogens with one attached hydrogen (secondary N) is 1. The molecular weight excluding hydrogens is 206 g/mol. The third-order valence-corrected chi connectivity index (χ3v) is 2.14. The zero-order valence-electron chi connectivity index (χ0n) is 8.73. The topological polar surface area (TPSA) is 81.2 Å². The number of hydrogen-bond acceptors (Lipinski definition) is 4. The average molecular weight is 217 g/mol. The lowest BCUT2D eigenvalue weighted by molar-refractivity contribution is 0.0995.